The van der Waals surface area contributed by atoms with Gasteiger partial charge in [-0.25, -0.2) is 4.98 Å². The molecule has 0 aliphatic carbocycles. The van der Waals surface area contributed by atoms with Gasteiger partial charge >= 0.3 is 0 Å². The molecule has 3 heterocycles. The quantitative estimate of drug-likeness (QED) is 0.842. The minimum absolute atomic E-state index is 0.644. The normalized spacial score (nSPS) is 21.1. The first kappa shape index (κ1) is 17.6. The van der Waals surface area contributed by atoms with Crippen molar-refractivity contribution < 1.29 is 9.47 Å². The van der Waals surface area contributed by atoms with E-state index in [-0.39, 0.29) is 0 Å². The van der Waals surface area contributed by atoms with E-state index in [0.29, 0.717) is 6.04 Å². The molecule has 2 fully saturated rings. The highest BCUT2D eigenvalue weighted by Gasteiger charge is 2.29. The van der Waals surface area contributed by atoms with Crippen molar-refractivity contribution in [2.75, 3.05) is 51.4 Å². The Kier molecular flexibility index (Phi) is 5.27. The van der Waals surface area contributed by atoms with Crippen molar-refractivity contribution in [3.63, 3.8) is 0 Å². The number of ether oxygens (including phenoxy) is 2. The van der Waals surface area contributed by atoms with Crippen molar-refractivity contribution in [1.82, 2.24) is 9.88 Å². The maximum absolute atomic E-state index is 5.50. The molecule has 5 nitrogen and oxygen atoms in total. The lowest BCUT2D eigenvalue weighted by molar-refractivity contribution is 0.00448. The molecule has 1 unspecified atom stereocenters. The van der Waals surface area contributed by atoms with Gasteiger partial charge in [-0.1, -0.05) is 12.1 Å². The van der Waals surface area contributed by atoms with E-state index in [1.165, 1.54) is 12.8 Å². The van der Waals surface area contributed by atoms with Gasteiger partial charge in [-0.15, -0.1) is 0 Å². The van der Waals surface area contributed by atoms with Gasteiger partial charge in [0, 0.05) is 37.6 Å². The number of aromatic nitrogens is 1. The predicted octanol–water partition coefficient (Wildman–Crippen LogP) is 3.18. The molecule has 0 saturated carbocycles. The molecule has 2 aromatic rings. The largest absolute Gasteiger partial charge is 0.494 e. The Morgan fingerprint density at radius 2 is 1.85 bits per heavy atom. The smallest absolute Gasteiger partial charge is 0.145 e. The van der Waals surface area contributed by atoms with Crippen molar-refractivity contribution in [3.05, 3.63) is 30.3 Å². The van der Waals surface area contributed by atoms with E-state index in [0.717, 1.165) is 67.8 Å². The summed E-state index contributed by atoms with van der Waals surface area (Å²) in [6.45, 7) is 8.46. The van der Waals surface area contributed by atoms with Gasteiger partial charge in [0.15, 0.2) is 0 Å². The Hall–Kier alpha value is -1.85. The van der Waals surface area contributed by atoms with E-state index in [1.54, 1.807) is 7.11 Å². The summed E-state index contributed by atoms with van der Waals surface area (Å²) in [6.07, 6.45) is 2.45. The lowest BCUT2D eigenvalue weighted by Crippen LogP contribution is -2.48. The number of fused-ring (bicyclic) bond motifs is 1. The Balaban J connectivity index is 1.43. The van der Waals surface area contributed by atoms with E-state index < -0.39 is 0 Å². The molecule has 0 radical (unpaired) electrons. The predicted molar refractivity (Wildman–Crippen MR) is 105 cm³/mol. The zero-order valence-corrected chi connectivity index (χ0v) is 15.9. The fraction of sp³-hybridized carbons (Fsp3) is 0.571. The summed E-state index contributed by atoms with van der Waals surface area (Å²) in [7, 11) is 1.71. The van der Waals surface area contributed by atoms with Crippen LogP contribution >= 0.6 is 0 Å². The number of methoxy groups -OCH3 is 1. The van der Waals surface area contributed by atoms with Crippen LogP contribution in [0, 0.1) is 5.92 Å². The SMILES string of the molecule is COc1cccc2ccc(N3CCC(C(C)N4CCOCC4)CC3)nc12. The van der Waals surface area contributed by atoms with Crippen molar-refractivity contribution in [1.29, 1.82) is 0 Å². The molecule has 4 rings (SSSR count). The standard InChI is InChI=1S/C21H29N3O2/c1-16(23-12-14-26-15-13-23)17-8-10-24(11-9-17)20-7-6-18-4-3-5-19(25-2)21(18)22-20/h3-7,16-17H,8-15H2,1-2H3. The van der Waals surface area contributed by atoms with Crippen LogP contribution in [0.4, 0.5) is 5.82 Å². The Bertz CT molecular complexity index is 737. The maximum atomic E-state index is 5.50. The summed E-state index contributed by atoms with van der Waals surface area (Å²) in [6, 6.07) is 11.0. The Morgan fingerprint density at radius 1 is 1.08 bits per heavy atom. The van der Waals surface area contributed by atoms with Crippen LogP contribution in [0.1, 0.15) is 19.8 Å². The molecule has 0 amide bonds. The monoisotopic (exact) mass is 355 g/mol. The second kappa shape index (κ2) is 7.80. The van der Waals surface area contributed by atoms with Crippen LogP contribution in [0.5, 0.6) is 5.75 Å². The van der Waals surface area contributed by atoms with Crippen LogP contribution in [-0.2, 0) is 4.74 Å². The highest BCUT2D eigenvalue weighted by molar-refractivity contribution is 5.85. The fourth-order valence-corrected chi connectivity index (χ4v) is 4.34. The molecule has 1 atom stereocenters. The first-order valence-corrected chi connectivity index (χ1v) is 9.77. The number of anilines is 1. The van der Waals surface area contributed by atoms with Crippen molar-refractivity contribution >= 4 is 16.7 Å². The van der Waals surface area contributed by atoms with Crippen molar-refractivity contribution in [3.8, 4) is 5.75 Å². The number of para-hydroxylation sites is 1. The molecule has 1 aromatic carbocycles. The van der Waals surface area contributed by atoms with Crippen molar-refractivity contribution in [2.45, 2.75) is 25.8 Å². The third-order valence-corrected chi connectivity index (χ3v) is 6.06. The molecule has 1 aromatic heterocycles. The molecule has 0 spiro atoms. The van der Waals surface area contributed by atoms with Crippen LogP contribution in [0.25, 0.3) is 10.9 Å². The molecule has 2 aliphatic rings. The third kappa shape index (κ3) is 3.51. The van der Waals surface area contributed by atoms with E-state index in [9.17, 15) is 0 Å². The maximum Gasteiger partial charge on any atom is 0.145 e. The molecule has 26 heavy (non-hydrogen) atoms. The topological polar surface area (TPSA) is 37.8 Å². The Labute approximate surface area is 155 Å². The summed E-state index contributed by atoms with van der Waals surface area (Å²) >= 11 is 0. The first-order chi connectivity index (χ1) is 12.8. The van der Waals surface area contributed by atoms with Gasteiger partial charge in [0.2, 0.25) is 0 Å². The van der Waals surface area contributed by atoms with E-state index in [2.05, 4.69) is 34.9 Å². The van der Waals surface area contributed by atoms with Gasteiger partial charge in [-0.05, 0) is 43.9 Å². The number of hydrogen-bond donors (Lipinski definition) is 0. The van der Waals surface area contributed by atoms with Crippen LogP contribution in [-0.4, -0.2) is 62.4 Å². The summed E-state index contributed by atoms with van der Waals surface area (Å²) in [5, 5.41) is 1.13. The summed E-state index contributed by atoms with van der Waals surface area (Å²) in [5.41, 5.74) is 0.955. The highest BCUT2D eigenvalue weighted by Crippen LogP contribution is 2.30. The van der Waals surface area contributed by atoms with Crippen LogP contribution in [0.3, 0.4) is 0 Å². The minimum atomic E-state index is 0.644. The second-order valence-corrected chi connectivity index (χ2v) is 7.41. The van der Waals surface area contributed by atoms with Gasteiger partial charge < -0.3 is 14.4 Å². The van der Waals surface area contributed by atoms with E-state index >= 15 is 0 Å². The number of benzene rings is 1. The zero-order valence-electron chi connectivity index (χ0n) is 15.9. The summed E-state index contributed by atoms with van der Waals surface area (Å²) in [4.78, 5) is 9.93. The molecule has 140 valence electrons. The van der Waals surface area contributed by atoms with Gasteiger partial charge in [0.25, 0.3) is 0 Å². The fourth-order valence-electron chi connectivity index (χ4n) is 4.34. The van der Waals surface area contributed by atoms with Crippen LogP contribution in [0.15, 0.2) is 30.3 Å². The highest BCUT2D eigenvalue weighted by atomic mass is 16.5. The average molecular weight is 355 g/mol. The minimum Gasteiger partial charge on any atom is -0.494 e. The molecular weight excluding hydrogens is 326 g/mol. The number of hydrogen-bond acceptors (Lipinski definition) is 5. The second-order valence-electron chi connectivity index (χ2n) is 7.41. The van der Waals surface area contributed by atoms with Crippen molar-refractivity contribution in [2.24, 2.45) is 5.92 Å². The number of nitrogens with zero attached hydrogens (tertiary/aromatic N) is 3. The summed E-state index contributed by atoms with van der Waals surface area (Å²) < 4.78 is 11.0. The number of morpholine rings is 1. The van der Waals surface area contributed by atoms with Gasteiger partial charge in [-0.3, -0.25) is 4.90 Å². The first-order valence-electron chi connectivity index (χ1n) is 9.77. The van der Waals surface area contributed by atoms with E-state index in [1.807, 2.05) is 12.1 Å². The van der Waals surface area contributed by atoms with Crippen LogP contribution < -0.4 is 9.64 Å². The van der Waals surface area contributed by atoms with E-state index in [4.69, 9.17) is 14.5 Å². The molecule has 0 bridgehead atoms. The molecule has 2 saturated heterocycles. The lowest BCUT2D eigenvalue weighted by atomic mass is 9.89. The number of piperidine rings is 1. The van der Waals surface area contributed by atoms with Gasteiger partial charge in [0.05, 0.1) is 20.3 Å². The molecular formula is C21H29N3O2. The third-order valence-electron chi connectivity index (χ3n) is 6.06. The Morgan fingerprint density at radius 3 is 2.58 bits per heavy atom. The number of rotatable bonds is 4. The lowest BCUT2D eigenvalue weighted by Gasteiger charge is -2.41. The summed E-state index contributed by atoms with van der Waals surface area (Å²) in [5.74, 6) is 2.68. The average Bonchev–Trinajstić information content (AvgIpc) is 2.73. The molecule has 2 aliphatic heterocycles. The van der Waals surface area contributed by atoms with Gasteiger partial charge in [-0.2, -0.15) is 0 Å². The van der Waals surface area contributed by atoms with Crippen LogP contribution in [0.2, 0.25) is 0 Å². The molecule has 5 heteroatoms. The molecule has 0 N–H and O–H groups in total. The van der Waals surface area contributed by atoms with Gasteiger partial charge in [0.1, 0.15) is 17.1 Å². The number of pyridine rings is 1. The zero-order chi connectivity index (χ0) is 17.9.